The molecular formula is C12H10BrNO3. The molecule has 0 atom stereocenters. The van der Waals surface area contributed by atoms with E-state index in [1.807, 2.05) is 26.0 Å². The van der Waals surface area contributed by atoms with Gasteiger partial charge in [-0.25, -0.2) is 4.79 Å². The summed E-state index contributed by atoms with van der Waals surface area (Å²) in [6.07, 6.45) is 0. The molecule has 0 unspecified atom stereocenters. The molecule has 1 aromatic heterocycles. The first kappa shape index (κ1) is 11.9. The van der Waals surface area contributed by atoms with Crippen molar-refractivity contribution in [2.24, 2.45) is 0 Å². The quantitative estimate of drug-likeness (QED) is 0.922. The van der Waals surface area contributed by atoms with Crippen molar-refractivity contribution in [3.8, 4) is 11.3 Å². The van der Waals surface area contributed by atoms with Gasteiger partial charge in [-0.3, -0.25) is 0 Å². The summed E-state index contributed by atoms with van der Waals surface area (Å²) in [6.45, 7) is 3.94. The van der Waals surface area contributed by atoms with Gasteiger partial charge in [0.25, 0.3) is 0 Å². The Morgan fingerprint density at radius 1 is 1.41 bits per heavy atom. The number of benzene rings is 1. The molecule has 17 heavy (non-hydrogen) atoms. The van der Waals surface area contributed by atoms with Crippen LogP contribution >= 0.6 is 15.9 Å². The number of hydrogen-bond acceptors (Lipinski definition) is 3. The van der Waals surface area contributed by atoms with E-state index in [0.717, 1.165) is 21.2 Å². The van der Waals surface area contributed by atoms with E-state index in [1.54, 1.807) is 0 Å². The topological polar surface area (TPSA) is 63.3 Å². The molecule has 5 heteroatoms. The number of aromatic nitrogens is 1. The van der Waals surface area contributed by atoms with E-state index < -0.39 is 5.97 Å². The summed E-state index contributed by atoms with van der Waals surface area (Å²) in [5, 5.41) is 12.3. The smallest absolute Gasteiger partial charge is 0.358 e. The van der Waals surface area contributed by atoms with Crippen LogP contribution < -0.4 is 0 Å². The van der Waals surface area contributed by atoms with Gasteiger partial charge in [0.1, 0.15) is 0 Å². The number of carboxylic acid groups (broad SMARTS) is 1. The molecule has 0 bridgehead atoms. The van der Waals surface area contributed by atoms with Crippen molar-refractivity contribution in [1.82, 2.24) is 5.16 Å². The predicted octanol–water partition coefficient (Wildman–Crippen LogP) is 3.42. The van der Waals surface area contributed by atoms with Crippen molar-refractivity contribution < 1.29 is 14.4 Å². The molecule has 0 aliphatic heterocycles. The van der Waals surface area contributed by atoms with E-state index in [2.05, 4.69) is 21.1 Å². The van der Waals surface area contributed by atoms with Gasteiger partial charge in [0.05, 0.1) is 0 Å². The lowest BCUT2D eigenvalue weighted by atomic mass is 10.0. The van der Waals surface area contributed by atoms with Gasteiger partial charge in [0, 0.05) is 16.1 Å². The lowest BCUT2D eigenvalue weighted by molar-refractivity contribution is 0.0686. The van der Waals surface area contributed by atoms with E-state index in [1.165, 1.54) is 6.07 Å². The molecule has 2 rings (SSSR count). The third kappa shape index (κ3) is 2.10. The summed E-state index contributed by atoms with van der Waals surface area (Å²) in [6, 6.07) is 5.31. The van der Waals surface area contributed by atoms with E-state index in [0.29, 0.717) is 5.76 Å². The number of carboxylic acids is 1. The van der Waals surface area contributed by atoms with Gasteiger partial charge in [0.2, 0.25) is 0 Å². The van der Waals surface area contributed by atoms with Gasteiger partial charge in [-0.1, -0.05) is 27.2 Å². The third-order valence-electron chi connectivity index (χ3n) is 2.66. The molecule has 0 spiro atoms. The SMILES string of the molecule is Cc1ccc(Br)c(-c2cc(C(=O)O)no2)c1C. The second-order valence-corrected chi connectivity index (χ2v) is 4.60. The Bertz CT molecular complexity index is 589. The zero-order valence-corrected chi connectivity index (χ0v) is 10.9. The highest BCUT2D eigenvalue weighted by molar-refractivity contribution is 9.10. The highest BCUT2D eigenvalue weighted by Gasteiger charge is 2.16. The number of aromatic carboxylic acids is 1. The highest BCUT2D eigenvalue weighted by atomic mass is 79.9. The molecule has 0 aliphatic rings. The van der Waals surface area contributed by atoms with Gasteiger partial charge in [0.15, 0.2) is 11.5 Å². The van der Waals surface area contributed by atoms with Crippen LogP contribution in [-0.4, -0.2) is 16.2 Å². The van der Waals surface area contributed by atoms with Gasteiger partial charge in [-0.2, -0.15) is 0 Å². The molecule has 88 valence electrons. The standard InChI is InChI=1S/C12H10BrNO3/c1-6-3-4-8(13)11(7(6)2)10-5-9(12(15)16)14-17-10/h3-5H,1-2H3,(H,15,16). The lowest BCUT2D eigenvalue weighted by Crippen LogP contribution is -1.94. The van der Waals surface area contributed by atoms with Crippen molar-refractivity contribution >= 4 is 21.9 Å². The van der Waals surface area contributed by atoms with Gasteiger partial charge < -0.3 is 9.63 Å². The fraction of sp³-hybridized carbons (Fsp3) is 0.167. The number of carbonyl (C=O) groups is 1. The molecule has 1 aromatic carbocycles. The van der Waals surface area contributed by atoms with Crippen LogP contribution in [0.4, 0.5) is 0 Å². The summed E-state index contributed by atoms with van der Waals surface area (Å²) in [4.78, 5) is 10.7. The zero-order chi connectivity index (χ0) is 12.6. The normalized spacial score (nSPS) is 10.5. The predicted molar refractivity (Wildman–Crippen MR) is 66.1 cm³/mol. The van der Waals surface area contributed by atoms with Crippen LogP contribution in [0.5, 0.6) is 0 Å². The van der Waals surface area contributed by atoms with Crippen LogP contribution in [0.25, 0.3) is 11.3 Å². The summed E-state index contributed by atoms with van der Waals surface area (Å²) in [5.41, 5.74) is 2.89. The van der Waals surface area contributed by atoms with E-state index in [-0.39, 0.29) is 5.69 Å². The van der Waals surface area contributed by atoms with Crippen LogP contribution in [-0.2, 0) is 0 Å². The number of rotatable bonds is 2. The van der Waals surface area contributed by atoms with Crippen molar-refractivity contribution in [3.63, 3.8) is 0 Å². The highest BCUT2D eigenvalue weighted by Crippen LogP contribution is 2.33. The second-order valence-electron chi connectivity index (χ2n) is 3.75. The molecule has 4 nitrogen and oxygen atoms in total. The van der Waals surface area contributed by atoms with Crippen molar-refractivity contribution in [2.75, 3.05) is 0 Å². The fourth-order valence-electron chi connectivity index (χ4n) is 1.58. The largest absolute Gasteiger partial charge is 0.476 e. The number of halogens is 1. The molecule has 0 amide bonds. The zero-order valence-electron chi connectivity index (χ0n) is 9.32. The second kappa shape index (κ2) is 4.33. The van der Waals surface area contributed by atoms with E-state index in [9.17, 15) is 4.79 Å². The van der Waals surface area contributed by atoms with Crippen molar-refractivity contribution in [1.29, 1.82) is 0 Å². The van der Waals surface area contributed by atoms with Gasteiger partial charge >= 0.3 is 5.97 Å². The minimum absolute atomic E-state index is 0.0900. The van der Waals surface area contributed by atoms with Crippen LogP contribution in [0, 0.1) is 13.8 Å². The third-order valence-corrected chi connectivity index (χ3v) is 3.32. The maximum atomic E-state index is 10.7. The van der Waals surface area contributed by atoms with Crippen LogP contribution in [0.2, 0.25) is 0 Å². The maximum absolute atomic E-state index is 10.7. The molecule has 0 radical (unpaired) electrons. The number of nitrogens with zero attached hydrogens (tertiary/aromatic N) is 1. The monoisotopic (exact) mass is 295 g/mol. The Labute approximate surface area is 106 Å². The average molecular weight is 296 g/mol. The van der Waals surface area contributed by atoms with Gasteiger partial charge in [-0.05, 0) is 31.0 Å². The van der Waals surface area contributed by atoms with Crippen molar-refractivity contribution in [3.05, 3.63) is 39.5 Å². The Balaban J connectivity index is 2.60. The van der Waals surface area contributed by atoms with Crippen molar-refractivity contribution in [2.45, 2.75) is 13.8 Å². The Morgan fingerprint density at radius 3 is 2.71 bits per heavy atom. The maximum Gasteiger partial charge on any atom is 0.358 e. The molecule has 0 aliphatic carbocycles. The first-order valence-corrected chi connectivity index (χ1v) is 5.76. The molecule has 1 heterocycles. The minimum atomic E-state index is -1.10. The Kier molecular flexibility index (Phi) is 3.02. The molecule has 0 saturated heterocycles. The van der Waals surface area contributed by atoms with Crippen LogP contribution in [0.3, 0.4) is 0 Å². The number of aryl methyl sites for hydroxylation is 1. The first-order chi connectivity index (χ1) is 8.00. The van der Waals surface area contributed by atoms with E-state index >= 15 is 0 Å². The Hall–Kier alpha value is -1.62. The summed E-state index contributed by atoms with van der Waals surface area (Å²) in [7, 11) is 0. The molecule has 0 saturated carbocycles. The summed E-state index contributed by atoms with van der Waals surface area (Å²) in [5.74, 6) is -0.642. The van der Waals surface area contributed by atoms with Crippen LogP contribution in [0.1, 0.15) is 21.6 Å². The Morgan fingerprint density at radius 2 is 2.12 bits per heavy atom. The molecule has 0 fully saturated rings. The average Bonchev–Trinajstić information content (AvgIpc) is 2.73. The molecule has 1 N–H and O–H groups in total. The number of hydrogen-bond donors (Lipinski definition) is 1. The molecule has 2 aromatic rings. The molecular weight excluding hydrogens is 286 g/mol. The summed E-state index contributed by atoms with van der Waals surface area (Å²) < 4.78 is 5.92. The fourth-order valence-corrected chi connectivity index (χ4v) is 2.20. The summed E-state index contributed by atoms with van der Waals surface area (Å²) >= 11 is 3.43. The van der Waals surface area contributed by atoms with E-state index in [4.69, 9.17) is 9.63 Å². The van der Waals surface area contributed by atoms with Gasteiger partial charge in [-0.15, -0.1) is 0 Å². The van der Waals surface area contributed by atoms with Crippen LogP contribution in [0.15, 0.2) is 27.2 Å². The lowest BCUT2D eigenvalue weighted by Gasteiger charge is -2.07. The minimum Gasteiger partial charge on any atom is -0.476 e. The first-order valence-electron chi connectivity index (χ1n) is 4.97.